The second kappa shape index (κ2) is 9.39. The number of ether oxygens (including phenoxy) is 1. The number of carbonyl (C=O) groups is 1. The Bertz CT molecular complexity index is 557. The van der Waals surface area contributed by atoms with Gasteiger partial charge in [-0.1, -0.05) is 6.92 Å². The number of hydrogen-bond donors (Lipinski definition) is 3. The maximum atomic E-state index is 11.9. The van der Waals surface area contributed by atoms with Gasteiger partial charge in [-0.3, -0.25) is 4.79 Å². The molecule has 1 rings (SSSR count). The zero-order valence-corrected chi connectivity index (χ0v) is 13.4. The monoisotopic (exact) mass is 330 g/mol. The number of benzene rings is 1. The van der Waals surface area contributed by atoms with Crippen molar-refractivity contribution in [3.63, 3.8) is 0 Å². The SMILES string of the molecule is CCCNS(=O)(=O)c1ccc(OCC(=O)NCCCO)cc1. The van der Waals surface area contributed by atoms with Crippen molar-refractivity contribution >= 4 is 15.9 Å². The molecule has 1 aromatic rings. The molecule has 0 spiro atoms. The number of nitrogens with one attached hydrogen (secondary N) is 2. The van der Waals surface area contributed by atoms with E-state index in [1.54, 1.807) is 0 Å². The molecule has 0 aliphatic carbocycles. The van der Waals surface area contributed by atoms with Crippen LogP contribution in [-0.4, -0.2) is 45.7 Å². The number of sulfonamides is 1. The Morgan fingerprint density at radius 1 is 1.23 bits per heavy atom. The summed E-state index contributed by atoms with van der Waals surface area (Å²) in [6, 6.07) is 5.86. The summed E-state index contributed by atoms with van der Waals surface area (Å²) in [6.45, 7) is 2.51. The van der Waals surface area contributed by atoms with Crippen LogP contribution in [0.25, 0.3) is 0 Å². The van der Waals surface area contributed by atoms with Gasteiger partial charge in [0.15, 0.2) is 6.61 Å². The van der Waals surface area contributed by atoms with E-state index >= 15 is 0 Å². The number of aliphatic hydroxyl groups excluding tert-OH is 1. The van der Waals surface area contributed by atoms with E-state index in [-0.39, 0.29) is 24.0 Å². The highest BCUT2D eigenvalue weighted by Gasteiger charge is 2.12. The average Bonchev–Trinajstić information content (AvgIpc) is 2.52. The molecule has 3 N–H and O–H groups in total. The van der Waals surface area contributed by atoms with Crippen LogP contribution in [0.1, 0.15) is 19.8 Å². The van der Waals surface area contributed by atoms with Crippen molar-refractivity contribution in [2.45, 2.75) is 24.7 Å². The van der Waals surface area contributed by atoms with Gasteiger partial charge in [-0.2, -0.15) is 0 Å². The summed E-state index contributed by atoms with van der Waals surface area (Å²) < 4.78 is 31.5. The maximum Gasteiger partial charge on any atom is 0.257 e. The third-order valence-electron chi connectivity index (χ3n) is 2.70. The third-order valence-corrected chi connectivity index (χ3v) is 4.18. The molecule has 22 heavy (non-hydrogen) atoms. The molecule has 0 atom stereocenters. The normalized spacial score (nSPS) is 11.2. The Balaban J connectivity index is 2.50. The minimum atomic E-state index is -3.49. The summed E-state index contributed by atoms with van der Waals surface area (Å²) in [6.07, 6.45) is 1.20. The van der Waals surface area contributed by atoms with Crippen LogP contribution in [0.3, 0.4) is 0 Å². The van der Waals surface area contributed by atoms with E-state index in [2.05, 4.69) is 10.0 Å². The Morgan fingerprint density at radius 3 is 2.50 bits per heavy atom. The van der Waals surface area contributed by atoms with E-state index in [0.29, 0.717) is 31.7 Å². The minimum absolute atomic E-state index is 0.0170. The topological polar surface area (TPSA) is 105 Å². The van der Waals surface area contributed by atoms with E-state index in [9.17, 15) is 13.2 Å². The largest absolute Gasteiger partial charge is 0.484 e. The fraction of sp³-hybridized carbons (Fsp3) is 0.500. The quantitative estimate of drug-likeness (QED) is 0.534. The first-order chi connectivity index (χ1) is 10.5. The van der Waals surface area contributed by atoms with E-state index in [1.807, 2.05) is 6.92 Å². The van der Waals surface area contributed by atoms with Crippen molar-refractivity contribution in [3.05, 3.63) is 24.3 Å². The zero-order valence-electron chi connectivity index (χ0n) is 12.5. The van der Waals surface area contributed by atoms with Crippen LogP contribution in [0.15, 0.2) is 29.2 Å². The second-order valence-corrected chi connectivity index (χ2v) is 6.35. The third kappa shape index (κ3) is 6.42. The van der Waals surface area contributed by atoms with Crippen LogP contribution in [0.2, 0.25) is 0 Å². The number of carbonyl (C=O) groups excluding carboxylic acids is 1. The second-order valence-electron chi connectivity index (χ2n) is 4.58. The molecule has 124 valence electrons. The van der Waals surface area contributed by atoms with Gasteiger partial charge in [-0.15, -0.1) is 0 Å². The van der Waals surface area contributed by atoms with Crippen molar-refractivity contribution in [3.8, 4) is 5.75 Å². The summed E-state index contributed by atoms with van der Waals surface area (Å²) in [5, 5.41) is 11.2. The number of hydrogen-bond acceptors (Lipinski definition) is 5. The smallest absolute Gasteiger partial charge is 0.257 e. The fourth-order valence-corrected chi connectivity index (χ4v) is 2.68. The van der Waals surface area contributed by atoms with Crippen LogP contribution in [-0.2, 0) is 14.8 Å². The molecule has 0 unspecified atom stereocenters. The van der Waals surface area contributed by atoms with Crippen LogP contribution < -0.4 is 14.8 Å². The van der Waals surface area contributed by atoms with Gasteiger partial charge < -0.3 is 15.2 Å². The lowest BCUT2D eigenvalue weighted by Crippen LogP contribution is -2.30. The summed E-state index contributed by atoms with van der Waals surface area (Å²) in [5.74, 6) is 0.113. The Morgan fingerprint density at radius 2 is 1.91 bits per heavy atom. The molecule has 0 radical (unpaired) electrons. The predicted octanol–water partition coefficient (Wildman–Crippen LogP) is 0.252. The first-order valence-corrected chi connectivity index (χ1v) is 8.58. The summed E-state index contributed by atoms with van der Waals surface area (Å²) in [5.41, 5.74) is 0. The lowest BCUT2D eigenvalue weighted by molar-refractivity contribution is -0.123. The van der Waals surface area contributed by atoms with Gasteiger partial charge >= 0.3 is 0 Å². The van der Waals surface area contributed by atoms with Crippen molar-refractivity contribution in [1.82, 2.24) is 10.0 Å². The van der Waals surface area contributed by atoms with E-state index < -0.39 is 10.0 Å². The number of aliphatic hydroxyl groups is 1. The van der Waals surface area contributed by atoms with Crippen LogP contribution in [0.5, 0.6) is 5.75 Å². The molecule has 8 heteroatoms. The first-order valence-electron chi connectivity index (χ1n) is 7.09. The van der Waals surface area contributed by atoms with Gasteiger partial charge in [0.25, 0.3) is 5.91 Å². The highest BCUT2D eigenvalue weighted by molar-refractivity contribution is 7.89. The van der Waals surface area contributed by atoms with Gasteiger partial charge in [0.1, 0.15) is 5.75 Å². The van der Waals surface area contributed by atoms with Crippen molar-refractivity contribution < 1.29 is 23.1 Å². The van der Waals surface area contributed by atoms with Gasteiger partial charge in [-0.25, -0.2) is 13.1 Å². The van der Waals surface area contributed by atoms with Crippen molar-refractivity contribution in [2.75, 3.05) is 26.3 Å². The molecule has 0 aromatic heterocycles. The highest BCUT2D eigenvalue weighted by atomic mass is 32.2. The van der Waals surface area contributed by atoms with E-state index in [4.69, 9.17) is 9.84 Å². The number of rotatable bonds is 10. The average molecular weight is 330 g/mol. The summed E-state index contributed by atoms with van der Waals surface area (Å²) >= 11 is 0. The molecular weight excluding hydrogens is 308 g/mol. The maximum absolute atomic E-state index is 11.9. The molecule has 0 bridgehead atoms. The Hall–Kier alpha value is -1.64. The lowest BCUT2D eigenvalue weighted by atomic mass is 10.3. The number of amides is 1. The van der Waals surface area contributed by atoms with E-state index in [1.165, 1.54) is 24.3 Å². The molecular formula is C14H22N2O5S. The van der Waals surface area contributed by atoms with E-state index in [0.717, 1.165) is 0 Å². The summed E-state index contributed by atoms with van der Waals surface area (Å²) in [4.78, 5) is 11.6. The van der Waals surface area contributed by atoms with Crippen LogP contribution >= 0.6 is 0 Å². The molecule has 7 nitrogen and oxygen atoms in total. The Labute approximate surface area is 130 Å². The highest BCUT2D eigenvalue weighted by Crippen LogP contribution is 2.15. The van der Waals surface area contributed by atoms with Crippen molar-refractivity contribution in [1.29, 1.82) is 0 Å². The van der Waals surface area contributed by atoms with Gasteiger partial charge in [0.05, 0.1) is 4.90 Å². The van der Waals surface area contributed by atoms with Crippen molar-refractivity contribution in [2.24, 2.45) is 0 Å². The molecule has 0 aliphatic heterocycles. The Kier molecular flexibility index (Phi) is 7.86. The molecule has 0 heterocycles. The molecule has 1 amide bonds. The standard InChI is InChI=1S/C14H22N2O5S/c1-2-8-16-22(19,20)13-6-4-12(5-7-13)21-11-14(18)15-9-3-10-17/h4-7,16-17H,2-3,8-11H2,1H3,(H,15,18). The predicted molar refractivity (Wildman–Crippen MR) is 82.1 cm³/mol. The molecule has 0 saturated heterocycles. The van der Waals surface area contributed by atoms with Gasteiger partial charge in [-0.05, 0) is 37.1 Å². The molecule has 0 saturated carbocycles. The molecule has 1 aromatic carbocycles. The molecule has 0 aliphatic rings. The lowest BCUT2D eigenvalue weighted by Gasteiger charge is -2.09. The van der Waals surface area contributed by atoms with Gasteiger partial charge in [0, 0.05) is 19.7 Å². The summed E-state index contributed by atoms with van der Waals surface area (Å²) in [7, 11) is -3.49. The fourth-order valence-electron chi connectivity index (χ4n) is 1.54. The van der Waals surface area contributed by atoms with Gasteiger partial charge in [0.2, 0.25) is 10.0 Å². The zero-order chi connectivity index (χ0) is 16.4. The van der Waals surface area contributed by atoms with Crippen LogP contribution in [0, 0.1) is 0 Å². The van der Waals surface area contributed by atoms with Crippen LogP contribution in [0.4, 0.5) is 0 Å². The molecule has 0 fully saturated rings. The minimum Gasteiger partial charge on any atom is -0.484 e. The first kappa shape index (κ1) is 18.4.